The Morgan fingerprint density at radius 2 is 2.13 bits per heavy atom. The first kappa shape index (κ1) is 16.0. The van der Waals surface area contributed by atoms with Gasteiger partial charge in [-0.25, -0.2) is 4.98 Å². The van der Waals surface area contributed by atoms with Gasteiger partial charge in [0.2, 0.25) is 0 Å². The van der Waals surface area contributed by atoms with Gasteiger partial charge in [-0.1, -0.05) is 20.3 Å². The highest BCUT2D eigenvalue weighted by Gasteiger charge is 2.36. The van der Waals surface area contributed by atoms with Gasteiger partial charge >= 0.3 is 6.18 Å². The van der Waals surface area contributed by atoms with E-state index in [1.807, 2.05) is 0 Å². The van der Waals surface area contributed by atoms with Crippen LogP contribution in [-0.4, -0.2) is 32.2 Å². The first-order chi connectivity index (χ1) is 10.9. The lowest BCUT2D eigenvalue weighted by Crippen LogP contribution is -2.44. The molecule has 0 aromatic carbocycles. The van der Waals surface area contributed by atoms with Crippen LogP contribution in [0, 0.1) is 5.92 Å². The maximum atomic E-state index is 13.2. The standard InChI is InChI=1S/C15H20F3N5/c1-3-10(2)11-6-4-5-7-22(11)13-8-12(15(16,17)18)21-14-19-9-20-23(13)14/h8-11H,3-7H2,1-2H3/t10-,11-/m0/s1. The van der Waals surface area contributed by atoms with Crippen LogP contribution in [0.4, 0.5) is 19.0 Å². The number of alkyl halides is 3. The molecule has 0 aliphatic carbocycles. The lowest BCUT2D eigenvalue weighted by Gasteiger charge is -2.40. The fourth-order valence-electron chi connectivity index (χ4n) is 3.25. The largest absolute Gasteiger partial charge is 0.433 e. The first-order valence-corrected chi connectivity index (χ1v) is 7.96. The monoisotopic (exact) mass is 327 g/mol. The van der Waals surface area contributed by atoms with Crippen LogP contribution < -0.4 is 4.90 Å². The van der Waals surface area contributed by atoms with Crippen molar-refractivity contribution in [1.82, 2.24) is 19.6 Å². The van der Waals surface area contributed by atoms with Gasteiger partial charge in [0.15, 0.2) is 5.69 Å². The Labute approximate surface area is 132 Å². The SMILES string of the molecule is CC[C@H](C)[C@@H]1CCCCN1c1cc(C(F)(F)F)nc2ncnn12. The zero-order valence-corrected chi connectivity index (χ0v) is 13.2. The number of fused-ring (bicyclic) bond motifs is 1. The summed E-state index contributed by atoms with van der Waals surface area (Å²) < 4.78 is 40.9. The minimum absolute atomic E-state index is 0.0108. The van der Waals surface area contributed by atoms with Crippen molar-refractivity contribution in [2.24, 2.45) is 5.92 Å². The molecular weight excluding hydrogens is 307 g/mol. The maximum absolute atomic E-state index is 13.2. The molecule has 23 heavy (non-hydrogen) atoms. The zero-order chi connectivity index (χ0) is 16.6. The average molecular weight is 327 g/mol. The Morgan fingerprint density at radius 1 is 1.35 bits per heavy atom. The molecule has 1 saturated heterocycles. The van der Waals surface area contributed by atoms with E-state index in [9.17, 15) is 13.2 Å². The van der Waals surface area contributed by atoms with Crippen LogP contribution in [0.5, 0.6) is 0 Å². The molecule has 8 heteroatoms. The minimum Gasteiger partial charge on any atom is -0.353 e. The second-order valence-corrected chi connectivity index (χ2v) is 6.11. The summed E-state index contributed by atoms with van der Waals surface area (Å²) in [7, 11) is 0. The molecule has 126 valence electrons. The highest BCUT2D eigenvalue weighted by Crippen LogP contribution is 2.34. The summed E-state index contributed by atoms with van der Waals surface area (Å²) in [5, 5.41) is 4.07. The predicted molar refractivity (Wildman–Crippen MR) is 80.2 cm³/mol. The normalized spacial score (nSPS) is 20.9. The first-order valence-electron chi connectivity index (χ1n) is 7.96. The van der Waals surface area contributed by atoms with E-state index in [-0.39, 0.29) is 11.8 Å². The number of rotatable bonds is 3. The Kier molecular flexibility index (Phi) is 4.16. The summed E-state index contributed by atoms with van der Waals surface area (Å²) in [6.07, 6.45) is 0.780. The van der Waals surface area contributed by atoms with Crippen LogP contribution in [-0.2, 0) is 6.18 Å². The Morgan fingerprint density at radius 3 is 2.83 bits per heavy atom. The van der Waals surface area contributed by atoms with Crippen LogP contribution >= 0.6 is 0 Å². The second kappa shape index (κ2) is 5.98. The predicted octanol–water partition coefficient (Wildman–Crippen LogP) is 3.55. The van der Waals surface area contributed by atoms with Crippen molar-refractivity contribution in [1.29, 1.82) is 0 Å². The summed E-state index contributed by atoms with van der Waals surface area (Å²) in [6.45, 7) is 4.98. The Balaban J connectivity index is 2.11. The third-order valence-corrected chi connectivity index (χ3v) is 4.67. The van der Waals surface area contributed by atoms with Crippen LogP contribution in [0.25, 0.3) is 5.78 Å². The molecule has 0 N–H and O–H groups in total. The number of nitrogens with zero attached hydrogens (tertiary/aromatic N) is 5. The van der Waals surface area contributed by atoms with Gasteiger partial charge in [-0.05, 0) is 25.2 Å². The number of aromatic nitrogens is 4. The summed E-state index contributed by atoms with van der Waals surface area (Å²) in [4.78, 5) is 9.49. The van der Waals surface area contributed by atoms with Gasteiger partial charge < -0.3 is 4.90 Å². The van der Waals surface area contributed by atoms with Crippen LogP contribution in [0.2, 0.25) is 0 Å². The minimum atomic E-state index is -4.50. The highest BCUT2D eigenvalue weighted by atomic mass is 19.4. The average Bonchev–Trinajstić information content (AvgIpc) is 3.01. The van der Waals surface area contributed by atoms with Crippen LogP contribution in [0.15, 0.2) is 12.4 Å². The molecule has 2 aromatic heterocycles. The fraction of sp³-hybridized carbons (Fsp3) is 0.667. The van der Waals surface area contributed by atoms with Crippen molar-refractivity contribution >= 4 is 11.6 Å². The van der Waals surface area contributed by atoms with Crippen molar-refractivity contribution in [3.05, 3.63) is 18.1 Å². The molecular formula is C15H20F3N5. The smallest absolute Gasteiger partial charge is 0.353 e. The Bertz CT molecular complexity index is 681. The third-order valence-electron chi connectivity index (χ3n) is 4.67. The van der Waals surface area contributed by atoms with E-state index in [1.54, 1.807) is 0 Å². The van der Waals surface area contributed by atoms with E-state index in [1.165, 1.54) is 10.8 Å². The van der Waals surface area contributed by atoms with Gasteiger partial charge in [0.05, 0.1) is 0 Å². The third kappa shape index (κ3) is 2.98. The van der Waals surface area contributed by atoms with Gasteiger partial charge in [-0.15, -0.1) is 0 Å². The van der Waals surface area contributed by atoms with E-state index < -0.39 is 11.9 Å². The molecule has 3 heterocycles. The number of hydrogen-bond donors (Lipinski definition) is 0. The second-order valence-electron chi connectivity index (χ2n) is 6.11. The molecule has 1 aliphatic heterocycles. The summed E-state index contributed by atoms with van der Waals surface area (Å²) in [6, 6.07) is 1.31. The van der Waals surface area contributed by atoms with Crippen molar-refractivity contribution in [2.45, 2.75) is 51.7 Å². The number of hydrogen-bond acceptors (Lipinski definition) is 4. The van der Waals surface area contributed by atoms with Crippen molar-refractivity contribution in [2.75, 3.05) is 11.4 Å². The number of anilines is 1. The fourth-order valence-corrected chi connectivity index (χ4v) is 3.25. The van der Waals surface area contributed by atoms with Gasteiger partial charge in [0.1, 0.15) is 12.1 Å². The van der Waals surface area contributed by atoms with E-state index in [4.69, 9.17) is 0 Å². The van der Waals surface area contributed by atoms with Gasteiger partial charge in [0.25, 0.3) is 5.78 Å². The molecule has 2 atom stereocenters. The quantitative estimate of drug-likeness (QED) is 0.865. The molecule has 0 unspecified atom stereocenters. The molecule has 1 fully saturated rings. The maximum Gasteiger partial charge on any atom is 0.433 e. The van der Waals surface area contributed by atoms with E-state index in [0.717, 1.165) is 38.3 Å². The van der Waals surface area contributed by atoms with Crippen molar-refractivity contribution in [3.63, 3.8) is 0 Å². The number of halogens is 3. The van der Waals surface area contributed by atoms with Crippen LogP contribution in [0.1, 0.15) is 45.2 Å². The zero-order valence-electron chi connectivity index (χ0n) is 13.2. The summed E-state index contributed by atoms with van der Waals surface area (Å²) >= 11 is 0. The molecule has 3 rings (SSSR count). The molecule has 1 aliphatic rings. The molecule has 0 spiro atoms. The topological polar surface area (TPSA) is 46.3 Å². The molecule has 0 bridgehead atoms. The summed E-state index contributed by atoms with van der Waals surface area (Å²) in [5.41, 5.74) is -0.915. The van der Waals surface area contributed by atoms with Crippen LogP contribution in [0.3, 0.4) is 0 Å². The lowest BCUT2D eigenvalue weighted by molar-refractivity contribution is -0.141. The lowest BCUT2D eigenvalue weighted by atomic mass is 9.90. The number of piperidine rings is 1. The van der Waals surface area contributed by atoms with Crippen molar-refractivity contribution < 1.29 is 13.2 Å². The molecule has 0 saturated carbocycles. The molecule has 5 nitrogen and oxygen atoms in total. The van der Waals surface area contributed by atoms with E-state index in [0.29, 0.717) is 11.7 Å². The van der Waals surface area contributed by atoms with E-state index >= 15 is 0 Å². The molecule has 2 aromatic rings. The Hall–Kier alpha value is -1.86. The highest BCUT2D eigenvalue weighted by molar-refractivity contribution is 5.49. The molecule has 0 radical (unpaired) electrons. The van der Waals surface area contributed by atoms with Gasteiger partial charge in [0, 0.05) is 18.7 Å². The summed E-state index contributed by atoms with van der Waals surface area (Å²) in [5.74, 6) is 0.824. The van der Waals surface area contributed by atoms with E-state index in [2.05, 4.69) is 33.8 Å². The molecule has 0 amide bonds. The van der Waals surface area contributed by atoms with Crippen molar-refractivity contribution in [3.8, 4) is 0 Å². The van der Waals surface area contributed by atoms with Gasteiger partial charge in [-0.2, -0.15) is 27.8 Å². The van der Waals surface area contributed by atoms with Gasteiger partial charge in [-0.3, -0.25) is 0 Å².